The molecule has 130 valence electrons. The van der Waals surface area contributed by atoms with Crippen molar-refractivity contribution in [2.45, 2.75) is 37.6 Å². The van der Waals surface area contributed by atoms with Gasteiger partial charge in [-0.25, -0.2) is 9.78 Å². The second-order valence-corrected chi connectivity index (χ2v) is 7.07. The highest BCUT2D eigenvalue weighted by molar-refractivity contribution is 6.30. The predicted octanol–water partition coefficient (Wildman–Crippen LogP) is 5.64. The van der Waals surface area contributed by atoms with Crippen LogP contribution in [0.3, 0.4) is 0 Å². The first-order chi connectivity index (χ1) is 12.2. The number of hydrogen-bond donors (Lipinski definition) is 0. The average molecular weight is 357 g/mol. The van der Waals surface area contributed by atoms with E-state index in [0.717, 1.165) is 47.4 Å². The zero-order valence-corrected chi connectivity index (χ0v) is 14.7. The van der Waals surface area contributed by atoms with Gasteiger partial charge in [-0.05, 0) is 47.7 Å². The molecular formula is C21H21ClO3. The van der Waals surface area contributed by atoms with E-state index in [-0.39, 0.29) is 6.10 Å². The van der Waals surface area contributed by atoms with Crippen LogP contribution in [0.15, 0.2) is 54.6 Å². The molecule has 0 aromatic heterocycles. The van der Waals surface area contributed by atoms with E-state index in [4.69, 9.17) is 26.1 Å². The minimum absolute atomic E-state index is 0.165. The van der Waals surface area contributed by atoms with E-state index in [1.165, 1.54) is 0 Å². The molecule has 0 N–H and O–H groups in total. The van der Waals surface area contributed by atoms with E-state index < -0.39 is 5.79 Å². The maximum absolute atomic E-state index is 5.94. The number of rotatable bonds is 3. The Balaban J connectivity index is 1.36. The van der Waals surface area contributed by atoms with E-state index >= 15 is 0 Å². The molecule has 2 aromatic carbocycles. The van der Waals surface area contributed by atoms with Gasteiger partial charge in [0.25, 0.3) is 0 Å². The molecule has 2 aromatic rings. The summed E-state index contributed by atoms with van der Waals surface area (Å²) in [5.41, 5.74) is 3.43. The van der Waals surface area contributed by atoms with Crippen LogP contribution in [0.2, 0.25) is 5.02 Å². The van der Waals surface area contributed by atoms with Gasteiger partial charge in [0.2, 0.25) is 5.79 Å². The zero-order valence-electron chi connectivity index (χ0n) is 14.0. The number of benzene rings is 2. The van der Waals surface area contributed by atoms with Crippen LogP contribution in [-0.4, -0.2) is 18.5 Å². The first kappa shape index (κ1) is 16.8. The van der Waals surface area contributed by atoms with Crippen molar-refractivity contribution >= 4 is 17.7 Å². The third-order valence-corrected chi connectivity index (χ3v) is 5.04. The highest BCUT2D eigenvalue weighted by atomic mass is 35.5. The molecule has 25 heavy (non-hydrogen) atoms. The molecule has 2 fully saturated rings. The predicted molar refractivity (Wildman–Crippen MR) is 99.0 cm³/mol. The zero-order chi connectivity index (χ0) is 17.1. The van der Waals surface area contributed by atoms with Gasteiger partial charge in [0.1, 0.15) is 6.10 Å². The van der Waals surface area contributed by atoms with Crippen LogP contribution in [0.1, 0.15) is 31.2 Å². The molecule has 1 saturated carbocycles. The van der Waals surface area contributed by atoms with Crippen LogP contribution < -0.4 is 0 Å². The van der Waals surface area contributed by atoms with Crippen LogP contribution in [0.4, 0.5) is 0 Å². The molecule has 1 atom stereocenters. The van der Waals surface area contributed by atoms with Gasteiger partial charge >= 0.3 is 0 Å². The second-order valence-electron chi connectivity index (χ2n) is 6.63. The lowest BCUT2D eigenvalue weighted by Crippen LogP contribution is -2.42. The summed E-state index contributed by atoms with van der Waals surface area (Å²) in [6.45, 7) is 0.541. The van der Waals surface area contributed by atoms with Gasteiger partial charge in [-0.15, -0.1) is 0 Å². The molecule has 1 unspecified atom stereocenters. The topological polar surface area (TPSA) is 27.7 Å². The van der Waals surface area contributed by atoms with Crippen molar-refractivity contribution in [2.24, 2.45) is 0 Å². The van der Waals surface area contributed by atoms with Gasteiger partial charge < -0.3 is 4.74 Å². The summed E-state index contributed by atoms with van der Waals surface area (Å²) < 4.78 is 5.90. The Bertz CT molecular complexity index is 721. The Morgan fingerprint density at radius 2 is 1.56 bits per heavy atom. The highest BCUT2D eigenvalue weighted by Crippen LogP contribution is 2.37. The van der Waals surface area contributed by atoms with Crippen molar-refractivity contribution in [1.82, 2.24) is 0 Å². The Morgan fingerprint density at radius 1 is 0.920 bits per heavy atom. The highest BCUT2D eigenvalue weighted by Gasteiger charge is 2.41. The smallest absolute Gasteiger partial charge is 0.201 e. The minimum atomic E-state index is -0.482. The molecule has 1 spiro atoms. The molecule has 2 aliphatic rings. The summed E-state index contributed by atoms with van der Waals surface area (Å²) in [6, 6.07) is 16.2. The standard InChI is InChI=1S/C21H21ClO3/c22-19-10-8-18(9-11-19)17-6-3-16(4-7-17)5-12-20-15-23-21(25-24-20)13-1-2-14-21/h3-12,20H,1-2,13-15H2. The molecule has 1 heterocycles. The fourth-order valence-corrected chi connectivity index (χ4v) is 3.44. The Kier molecular flexibility index (Phi) is 4.91. The fraction of sp³-hybridized carbons (Fsp3) is 0.333. The van der Waals surface area contributed by atoms with Crippen LogP contribution in [0.5, 0.6) is 0 Å². The first-order valence-corrected chi connectivity index (χ1v) is 9.13. The summed E-state index contributed by atoms with van der Waals surface area (Å²) in [6.07, 6.45) is 8.00. The maximum atomic E-state index is 5.94. The van der Waals surface area contributed by atoms with Gasteiger partial charge in [0, 0.05) is 17.9 Å². The largest absolute Gasteiger partial charge is 0.344 e. The monoisotopic (exact) mass is 356 g/mol. The van der Waals surface area contributed by atoms with Crippen LogP contribution in [0.25, 0.3) is 17.2 Å². The van der Waals surface area contributed by atoms with Crippen molar-refractivity contribution in [3.05, 3.63) is 65.2 Å². The quantitative estimate of drug-likeness (QED) is 0.666. The number of ether oxygens (including phenoxy) is 1. The minimum Gasteiger partial charge on any atom is -0.344 e. The van der Waals surface area contributed by atoms with Gasteiger partial charge in [0.15, 0.2) is 0 Å². The number of halogens is 1. The van der Waals surface area contributed by atoms with Gasteiger partial charge in [-0.3, -0.25) is 0 Å². The second kappa shape index (κ2) is 7.30. The first-order valence-electron chi connectivity index (χ1n) is 8.75. The van der Waals surface area contributed by atoms with Crippen molar-refractivity contribution in [2.75, 3.05) is 6.61 Å². The fourth-order valence-electron chi connectivity index (χ4n) is 3.31. The Morgan fingerprint density at radius 3 is 2.16 bits per heavy atom. The summed E-state index contributed by atoms with van der Waals surface area (Å²) in [4.78, 5) is 11.0. The van der Waals surface area contributed by atoms with E-state index in [0.29, 0.717) is 6.61 Å². The molecule has 4 heteroatoms. The van der Waals surface area contributed by atoms with Crippen LogP contribution in [0, 0.1) is 0 Å². The molecule has 1 aliphatic heterocycles. The molecule has 3 nitrogen and oxygen atoms in total. The van der Waals surface area contributed by atoms with Gasteiger partial charge in [-0.2, -0.15) is 0 Å². The summed E-state index contributed by atoms with van der Waals surface area (Å²) in [5, 5.41) is 0.750. The molecule has 0 bridgehead atoms. The van der Waals surface area contributed by atoms with E-state index in [9.17, 15) is 0 Å². The third kappa shape index (κ3) is 3.96. The Hall–Kier alpha value is -1.65. The molecule has 0 radical (unpaired) electrons. The third-order valence-electron chi connectivity index (χ3n) is 4.79. The molecule has 1 aliphatic carbocycles. The molecule has 4 rings (SSSR count). The summed E-state index contributed by atoms with van der Waals surface area (Å²) >= 11 is 5.94. The van der Waals surface area contributed by atoms with Crippen molar-refractivity contribution in [3.63, 3.8) is 0 Å². The number of hydrogen-bond acceptors (Lipinski definition) is 3. The molecule has 0 amide bonds. The normalized spacial score (nSPS) is 22.7. The van der Waals surface area contributed by atoms with E-state index in [2.05, 4.69) is 24.3 Å². The lowest BCUT2D eigenvalue weighted by Gasteiger charge is -2.34. The lowest BCUT2D eigenvalue weighted by molar-refractivity contribution is -0.477. The SMILES string of the molecule is Clc1ccc(-c2ccc(C=CC3COC4(CCCC4)OO3)cc2)cc1. The van der Waals surface area contributed by atoms with Crippen LogP contribution in [-0.2, 0) is 14.5 Å². The van der Waals surface area contributed by atoms with Crippen molar-refractivity contribution in [1.29, 1.82) is 0 Å². The average Bonchev–Trinajstić information content (AvgIpc) is 3.11. The maximum Gasteiger partial charge on any atom is 0.201 e. The summed E-state index contributed by atoms with van der Waals surface area (Å²) in [5.74, 6) is -0.482. The lowest BCUT2D eigenvalue weighted by atomic mass is 10.0. The summed E-state index contributed by atoms with van der Waals surface area (Å²) in [7, 11) is 0. The van der Waals surface area contributed by atoms with Crippen molar-refractivity contribution < 1.29 is 14.5 Å². The van der Waals surface area contributed by atoms with Crippen molar-refractivity contribution in [3.8, 4) is 11.1 Å². The molecule has 1 saturated heterocycles. The van der Waals surface area contributed by atoms with Crippen LogP contribution >= 0.6 is 11.6 Å². The Labute approximate surface area is 153 Å². The van der Waals surface area contributed by atoms with Gasteiger partial charge in [-0.1, -0.05) is 54.1 Å². The molecular weight excluding hydrogens is 336 g/mol. The van der Waals surface area contributed by atoms with E-state index in [1.54, 1.807) is 0 Å². The van der Waals surface area contributed by atoms with E-state index in [1.807, 2.05) is 36.4 Å². The van der Waals surface area contributed by atoms with Gasteiger partial charge in [0.05, 0.1) is 6.61 Å².